The second-order valence-electron chi connectivity index (χ2n) is 12.7. The molecule has 1 saturated heterocycles. The average molecular weight is 642 g/mol. The molecule has 1 spiro atoms. The van der Waals surface area contributed by atoms with Crippen molar-refractivity contribution in [3.63, 3.8) is 0 Å². The van der Waals surface area contributed by atoms with Crippen molar-refractivity contribution in [2.75, 3.05) is 37.0 Å². The van der Waals surface area contributed by atoms with Gasteiger partial charge in [-0.3, -0.25) is 14.4 Å². The SMILES string of the molecule is C=CCN1C(=O)[C@]2(O[C@H](CC(=O)N(CCO)Cc3ccccc3)[C@@H](C(C)(C)O)[C@@H]2C)c2cc(NC(=O)c3ccc(OC)cc3)ccc21. The van der Waals surface area contributed by atoms with Gasteiger partial charge in [-0.05, 0) is 61.9 Å². The minimum atomic E-state index is -1.53. The number of nitrogens with one attached hydrogen (secondary N) is 1. The maximum absolute atomic E-state index is 14.4. The molecular formula is C37H43N3O7. The lowest BCUT2D eigenvalue weighted by Crippen LogP contribution is -2.46. The van der Waals surface area contributed by atoms with Crippen LogP contribution in [0.2, 0.25) is 0 Å². The van der Waals surface area contributed by atoms with Crippen LogP contribution in [-0.2, 0) is 26.5 Å². The summed E-state index contributed by atoms with van der Waals surface area (Å²) < 4.78 is 12.0. The van der Waals surface area contributed by atoms with Crippen LogP contribution >= 0.6 is 0 Å². The molecule has 0 bridgehead atoms. The number of methoxy groups -OCH3 is 1. The third-order valence-corrected chi connectivity index (χ3v) is 9.22. The highest BCUT2D eigenvalue weighted by Gasteiger charge is 2.66. The van der Waals surface area contributed by atoms with Crippen LogP contribution in [-0.4, -0.2) is 71.3 Å². The average Bonchev–Trinajstić information content (AvgIpc) is 3.47. The molecule has 3 aromatic rings. The number of aliphatic hydroxyl groups is 2. The molecule has 3 N–H and O–H groups in total. The fourth-order valence-electron chi connectivity index (χ4n) is 7.13. The largest absolute Gasteiger partial charge is 0.497 e. The first-order chi connectivity index (χ1) is 22.4. The van der Waals surface area contributed by atoms with Gasteiger partial charge < -0.3 is 34.8 Å². The summed E-state index contributed by atoms with van der Waals surface area (Å²) in [4.78, 5) is 44.6. The number of hydrogen-bond acceptors (Lipinski definition) is 7. The van der Waals surface area contributed by atoms with Crippen molar-refractivity contribution in [1.82, 2.24) is 4.90 Å². The van der Waals surface area contributed by atoms with Crippen LogP contribution in [0.5, 0.6) is 5.75 Å². The highest BCUT2D eigenvalue weighted by Crippen LogP contribution is 2.58. The maximum atomic E-state index is 14.4. The molecular weight excluding hydrogens is 598 g/mol. The first-order valence-electron chi connectivity index (χ1n) is 15.8. The van der Waals surface area contributed by atoms with Crippen molar-refractivity contribution < 1.29 is 34.1 Å². The van der Waals surface area contributed by atoms with Gasteiger partial charge in [-0.1, -0.05) is 43.3 Å². The van der Waals surface area contributed by atoms with Crippen molar-refractivity contribution in [1.29, 1.82) is 0 Å². The highest BCUT2D eigenvalue weighted by atomic mass is 16.5. The summed E-state index contributed by atoms with van der Waals surface area (Å²) >= 11 is 0. The van der Waals surface area contributed by atoms with E-state index in [9.17, 15) is 24.6 Å². The smallest absolute Gasteiger partial charge is 0.264 e. The highest BCUT2D eigenvalue weighted by molar-refractivity contribution is 6.09. The molecule has 2 aliphatic rings. The number of aliphatic hydroxyl groups excluding tert-OH is 1. The molecule has 0 aromatic heterocycles. The summed E-state index contributed by atoms with van der Waals surface area (Å²) in [6.45, 7) is 9.46. The molecule has 2 heterocycles. The Kier molecular flexibility index (Phi) is 9.86. The normalized spacial score (nSPS) is 21.9. The zero-order valence-corrected chi connectivity index (χ0v) is 27.3. The number of hydrogen-bond donors (Lipinski definition) is 3. The lowest BCUT2D eigenvalue weighted by molar-refractivity contribution is -0.150. The van der Waals surface area contributed by atoms with Gasteiger partial charge in [-0.15, -0.1) is 6.58 Å². The Morgan fingerprint density at radius 3 is 2.45 bits per heavy atom. The first kappa shape index (κ1) is 33.8. The van der Waals surface area contributed by atoms with Crippen LogP contribution in [0.3, 0.4) is 0 Å². The molecule has 3 amide bonds. The number of benzene rings is 3. The molecule has 1 fully saturated rings. The van der Waals surface area contributed by atoms with Gasteiger partial charge in [0.2, 0.25) is 5.91 Å². The van der Waals surface area contributed by atoms with Gasteiger partial charge in [0, 0.05) is 48.3 Å². The Morgan fingerprint density at radius 2 is 1.83 bits per heavy atom. The molecule has 10 heteroatoms. The molecule has 248 valence electrons. The monoisotopic (exact) mass is 641 g/mol. The van der Waals surface area contributed by atoms with Crippen molar-refractivity contribution in [2.45, 2.75) is 51.0 Å². The topological polar surface area (TPSA) is 129 Å². The minimum Gasteiger partial charge on any atom is -0.497 e. The Balaban J connectivity index is 1.50. The number of ether oxygens (including phenoxy) is 2. The lowest BCUT2D eigenvalue weighted by Gasteiger charge is -2.34. The van der Waals surface area contributed by atoms with E-state index < -0.39 is 29.1 Å². The van der Waals surface area contributed by atoms with E-state index in [-0.39, 0.29) is 43.8 Å². The van der Waals surface area contributed by atoms with Gasteiger partial charge >= 0.3 is 0 Å². The van der Waals surface area contributed by atoms with E-state index in [2.05, 4.69) is 11.9 Å². The quantitative estimate of drug-likeness (QED) is 0.248. The number of carbonyl (C=O) groups excluding carboxylic acids is 3. The molecule has 5 rings (SSSR count). The predicted octanol–water partition coefficient (Wildman–Crippen LogP) is 4.51. The van der Waals surface area contributed by atoms with E-state index in [1.165, 1.54) is 0 Å². The molecule has 2 aliphatic heterocycles. The van der Waals surface area contributed by atoms with Crippen LogP contribution in [0.15, 0.2) is 85.5 Å². The maximum Gasteiger partial charge on any atom is 0.264 e. The lowest BCUT2D eigenvalue weighted by atomic mass is 9.70. The predicted molar refractivity (Wildman–Crippen MR) is 179 cm³/mol. The number of nitrogens with zero attached hydrogens (tertiary/aromatic N) is 2. The Bertz CT molecular complexity index is 1620. The van der Waals surface area contributed by atoms with Gasteiger partial charge in [-0.2, -0.15) is 0 Å². The number of rotatable bonds is 12. The summed E-state index contributed by atoms with van der Waals surface area (Å²) in [5, 5.41) is 24.2. The van der Waals surface area contributed by atoms with Crippen molar-refractivity contribution in [3.8, 4) is 5.75 Å². The zero-order chi connectivity index (χ0) is 33.9. The van der Waals surface area contributed by atoms with Crippen molar-refractivity contribution in [3.05, 3.63) is 102 Å². The number of fused-ring (bicyclic) bond motifs is 2. The first-order valence-corrected chi connectivity index (χ1v) is 15.8. The molecule has 0 saturated carbocycles. The zero-order valence-electron chi connectivity index (χ0n) is 27.3. The molecule has 47 heavy (non-hydrogen) atoms. The van der Waals surface area contributed by atoms with Crippen LogP contribution < -0.4 is 15.0 Å². The minimum absolute atomic E-state index is 0.106. The standard InChI is InChI=1S/C37H43N3O7/c1-6-18-40-30-17-14-27(38-34(43)26-12-15-28(46-5)16-13-26)21-29(30)37(35(40)44)24(2)33(36(3,4)45)31(47-37)22-32(42)39(19-20-41)23-25-10-8-7-9-11-25/h6-17,21,24,31,33,41,45H,1,18-20,22-23H2,2-5H3,(H,38,43)/t24-,31+,33-,37+/m0/s1. The van der Waals surface area contributed by atoms with E-state index in [1.807, 2.05) is 37.3 Å². The molecule has 0 unspecified atom stereocenters. The third-order valence-electron chi connectivity index (χ3n) is 9.22. The van der Waals surface area contributed by atoms with Gasteiger partial charge in [0.05, 0.1) is 37.5 Å². The summed E-state index contributed by atoms with van der Waals surface area (Å²) in [5.74, 6) is -1.47. The van der Waals surface area contributed by atoms with E-state index in [1.54, 1.807) is 79.3 Å². The summed E-state index contributed by atoms with van der Waals surface area (Å²) in [7, 11) is 1.55. The van der Waals surface area contributed by atoms with E-state index in [0.717, 1.165) is 5.56 Å². The second-order valence-corrected chi connectivity index (χ2v) is 12.7. The van der Waals surface area contributed by atoms with E-state index in [4.69, 9.17) is 9.47 Å². The van der Waals surface area contributed by atoms with Crippen LogP contribution in [0.4, 0.5) is 11.4 Å². The number of amides is 3. The van der Waals surface area contributed by atoms with Crippen LogP contribution in [0.1, 0.15) is 48.7 Å². The van der Waals surface area contributed by atoms with Crippen LogP contribution in [0.25, 0.3) is 0 Å². The molecule has 4 atom stereocenters. The molecule has 3 aromatic carbocycles. The van der Waals surface area contributed by atoms with Gasteiger partial charge in [0.1, 0.15) is 5.75 Å². The van der Waals surface area contributed by atoms with Gasteiger partial charge in [0.25, 0.3) is 11.8 Å². The second kappa shape index (κ2) is 13.7. The van der Waals surface area contributed by atoms with Crippen molar-refractivity contribution >= 4 is 29.1 Å². The van der Waals surface area contributed by atoms with Crippen molar-refractivity contribution in [2.24, 2.45) is 11.8 Å². The van der Waals surface area contributed by atoms with E-state index >= 15 is 0 Å². The Morgan fingerprint density at radius 1 is 1.13 bits per heavy atom. The summed E-state index contributed by atoms with van der Waals surface area (Å²) in [6.07, 6.45) is 0.697. The number of carbonyl (C=O) groups is 3. The molecule has 10 nitrogen and oxygen atoms in total. The van der Waals surface area contributed by atoms with Gasteiger partial charge in [-0.25, -0.2) is 0 Å². The number of anilines is 2. The Hall–Kier alpha value is -4.51. The van der Waals surface area contributed by atoms with E-state index in [0.29, 0.717) is 34.8 Å². The third kappa shape index (κ3) is 6.54. The van der Waals surface area contributed by atoms with Crippen LogP contribution in [0, 0.1) is 11.8 Å². The summed E-state index contributed by atoms with van der Waals surface area (Å²) in [5.41, 5.74) is 0.109. The molecule has 0 radical (unpaired) electrons. The molecule has 0 aliphatic carbocycles. The Labute approximate surface area is 275 Å². The fraction of sp³-hybridized carbons (Fsp3) is 0.378. The summed E-state index contributed by atoms with van der Waals surface area (Å²) in [6, 6.07) is 21.5. The van der Waals surface area contributed by atoms with Gasteiger partial charge in [0.15, 0.2) is 5.60 Å². The fourth-order valence-corrected chi connectivity index (χ4v) is 7.13.